The Morgan fingerprint density at radius 2 is 1.02 bits per heavy atom. The number of halogens is 2. The monoisotopic (exact) mass is 976 g/mol. The van der Waals surface area contributed by atoms with E-state index >= 15 is 0 Å². The van der Waals surface area contributed by atoms with Crippen molar-refractivity contribution in [2.75, 3.05) is 27.3 Å². The third-order valence-corrected chi connectivity index (χ3v) is 12.1. The fourth-order valence-electron chi connectivity index (χ4n) is 7.78. The van der Waals surface area contributed by atoms with E-state index in [0.717, 1.165) is 22.3 Å². The second-order valence-corrected chi connectivity index (χ2v) is 17.2. The molecule has 4 heterocycles. The number of aromatic amines is 2. The predicted molar refractivity (Wildman–Crippen MR) is 235 cm³/mol. The van der Waals surface area contributed by atoms with Gasteiger partial charge in [0.25, 0.3) is 0 Å². The Morgan fingerprint density at radius 1 is 0.677 bits per heavy atom. The summed E-state index contributed by atoms with van der Waals surface area (Å²) in [5, 5.41) is 13.0. The Balaban J connectivity index is 1.20. The molecule has 4 amide bonds. The first-order chi connectivity index (χ1) is 29.7. The number of nitrogens with zero attached hydrogens (tertiary/aromatic N) is 10. The summed E-state index contributed by atoms with van der Waals surface area (Å²) in [6.07, 6.45) is -0.759. The van der Waals surface area contributed by atoms with E-state index in [1.54, 1.807) is 9.80 Å². The van der Waals surface area contributed by atoms with Crippen LogP contribution in [-0.4, -0.2) is 105 Å². The van der Waals surface area contributed by atoms with Gasteiger partial charge in [-0.15, -0.1) is 0 Å². The van der Waals surface area contributed by atoms with Crippen molar-refractivity contribution >= 4 is 55.9 Å². The number of hydrogen-bond acceptors (Lipinski definition) is 10. The number of likely N-dealkylation sites (tertiary alicyclic amines) is 2. The summed E-state index contributed by atoms with van der Waals surface area (Å²) in [5.41, 5.74) is 23.1. The number of ether oxygens (including phenoxy) is 2. The molecule has 0 spiro atoms. The maximum atomic E-state index is 13.8. The van der Waals surface area contributed by atoms with E-state index in [0.29, 0.717) is 45.1 Å². The van der Waals surface area contributed by atoms with Crippen molar-refractivity contribution in [3.05, 3.63) is 90.3 Å². The largest absolute Gasteiger partial charge is 0.453 e. The molecule has 2 aromatic carbocycles. The van der Waals surface area contributed by atoms with E-state index < -0.39 is 48.4 Å². The summed E-state index contributed by atoms with van der Waals surface area (Å²) >= 11 is 7.23. The molecule has 0 unspecified atom stereocenters. The van der Waals surface area contributed by atoms with Gasteiger partial charge in [0.2, 0.25) is 11.8 Å². The molecule has 2 aliphatic rings. The fraction of sp³-hybridized carbons (Fsp3) is 0.450. The van der Waals surface area contributed by atoms with Gasteiger partial charge in [-0.3, -0.25) is 9.59 Å². The topological polar surface area (TPSA) is 272 Å². The Morgan fingerprint density at radius 3 is 1.32 bits per heavy atom. The van der Waals surface area contributed by atoms with Crippen LogP contribution in [0.5, 0.6) is 0 Å². The number of nitrogens with one attached hydrogen (secondary N) is 4. The predicted octanol–water partition coefficient (Wildman–Crippen LogP) is 8.32. The van der Waals surface area contributed by atoms with Gasteiger partial charge in [-0.1, -0.05) is 86.5 Å². The Labute approximate surface area is 373 Å². The van der Waals surface area contributed by atoms with Crippen LogP contribution in [0.2, 0.25) is 0 Å². The van der Waals surface area contributed by atoms with Crippen LogP contribution in [-0.2, 0) is 19.1 Å². The number of amides is 4. The lowest BCUT2D eigenvalue weighted by molar-refractivity contribution is -0.136. The number of benzene rings is 2. The summed E-state index contributed by atoms with van der Waals surface area (Å²) in [6.45, 7) is 7.61. The number of methoxy groups -OCH3 is 2. The van der Waals surface area contributed by atoms with Crippen LogP contribution in [0.15, 0.2) is 68.0 Å². The molecule has 20 nitrogen and oxygen atoms in total. The summed E-state index contributed by atoms with van der Waals surface area (Å²) in [7, 11) is 2.47. The van der Waals surface area contributed by atoms with Crippen molar-refractivity contribution in [1.82, 2.24) is 40.4 Å². The number of rotatable bonds is 13. The first kappa shape index (κ1) is 45.4. The summed E-state index contributed by atoms with van der Waals surface area (Å²) in [4.78, 5) is 77.3. The standard InChI is InChI=1S/C40H46Br2N14O6/c1-19(2)29(47-39(59)61-5)37(57)55-17-25(51-53-43)15-27(55)35-45-31(33(41)49-35)23-11-7-21(8-12-23)22-9-13-24(14-10-22)32-34(42)50-36(46-32)28-16-26(52-54-44)18-56(28)38(58)30(20(3)4)48-40(60)62-6/h7-14,19-20,25-30H,15-18H2,1-6H3,(H,45,49)(H,46,50)(H,47,59)(H,48,60)/t25-,26-,27+,28+,29+,30+/m1/s1. The molecule has 2 aromatic heterocycles. The third kappa shape index (κ3) is 9.83. The van der Waals surface area contributed by atoms with Crippen molar-refractivity contribution in [2.45, 2.75) is 76.8 Å². The molecule has 62 heavy (non-hydrogen) atoms. The Kier molecular flexibility index (Phi) is 14.5. The number of azide groups is 2. The van der Waals surface area contributed by atoms with Gasteiger partial charge in [0.15, 0.2) is 0 Å². The number of alkyl carbamates (subject to hydrolysis) is 2. The highest BCUT2D eigenvalue weighted by Crippen LogP contribution is 2.39. The summed E-state index contributed by atoms with van der Waals surface area (Å²) in [6, 6.07) is 11.9. The van der Waals surface area contributed by atoms with E-state index in [2.05, 4.69) is 72.5 Å². The van der Waals surface area contributed by atoms with Gasteiger partial charge in [0.1, 0.15) is 44.3 Å². The molecule has 6 rings (SSSR count). The maximum absolute atomic E-state index is 13.8. The summed E-state index contributed by atoms with van der Waals surface area (Å²) in [5.74, 6) is -0.165. The fourth-order valence-corrected chi connectivity index (χ4v) is 8.82. The number of carbonyl (C=O) groups is 4. The van der Waals surface area contributed by atoms with Crippen LogP contribution in [0.4, 0.5) is 9.59 Å². The molecule has 0 aliphatic carbocycles. The van der Waals surface area contributed by atoms with Gasteiger partial charge in [-0.25, -0.2) is 19.6 Å². The highest BCUT2D eigenvalue weighted by Gasteiger charge is 2.43. The molecule has 2 fully saturated rings. The smallest absolute Gasteiger partial charge is 0.407 e. The lowest BCUT2D eigenvalue weighted by atomic mass is 10.0. The summed E-state index contributed by atoms with van der Waals surface area (Å²) < 4.78 is 10.7. The number of H-pyrrole nitrogens is 2. The highest BCUT2D eigenvalue weighted by molar-refractivity contribution is 9.10. The maximum Gasteiger partial charge on any atom is 0.407 e. The first-order valence-electron chi connectivity index (χ1n) is 19.8. The van der Waals surface area contributed by atoms with Crippen molar-refractivity contribution in [2.24, 2.45) is 22.1 Å². The van der Waals surface area contributed by atoms with E-state index in [9.17, 15) is 30.2 Å². The van der Waals surface area contributed by atoms with Gasteiger partial charge < -0.3 is 39.9 Å². The van der Waals surface area contributed by atoms with Gasteiger partial charge in [0, 0.05) is 34.0 Å². The van der Waals surface area contributed by atoms with Crippen LogP contribution in [0.1, 0.15) is 64.3 Å². The zero-order valence-electron chi connectivity index (χ0n) is 34.7. The average molecular weight is 979 g/mol. The second kappa shape index (κ2) is 19.7. The lowest BCUT2D eigenvalue weighted by Crippen LogP contribution is -2.51. The lowest BCUT2D eigenvalue weighted by Gasteiger charge is -2.30. The van der Waals surface area contributed by atoms with E-state index in [1.807, 2.05) is 76.2 Å². The van der Waals surface area contributed by atoms with Crippen LogP contribution in [0.3, 0.4) is 0 Å². The number of imidazole rings is 2. The first-order valence-corrected chi connectivity index (χ1v) is 21.4. The molecule has 2 aliphatic heterocycles. The molecule has 4 aromatic rings. The number of carbonyl (C=O) groups excluding carboxylic acids is 4. The van der Waals surface area contributed by atoms with E-state index in [4.69, 9.17) is 19.4 Å². The third-order valence-electron chi connectivity index (χ3n) is 11.0. The quantitative estimate of drug-likeness (QED) is 0.0573. The minimum Gasteiger partial charge on any atom is -0.453 e. The van der Waals surface area contributed by atoms with Gasteiger partial charge >= 0.3 is 12.2 Å². The van der Waals surface area contributed by atoms with Gasteiger partial charge in [-0.05, 0) is 78.7 Å². The Hall–Kier alpha value is -6.08. The van der Waals surface area contributed by atoms with Crippen LogP contribution >= 0.6 is 31.9 Å². The SMILES string of the molecule is COC(=O)N[C@H](C(=O)N1C[C@H](N=[N+]=[N-])C[C@H]1c1nc(-c2ccc(-c3ccc(-c4nc([C@@H]5C[C@@H](N=[N+]=[N-])CN5C(=O)[C@@H](NC(=O)OC)C(C)C)[nH]c4Br)cc3)cc2)c(Br)[nH]1)C(C)C. The van der Waals surface area contributed by atoms with E-state index in [1.165, 1.54) is 14.2 Å². The van der Waals surface area contributed by atoms with E-state index in [-0.39, 0.29) is 36.7 Å². The van der Waals surface area contributed by atoms with Crippen molar-refractivity contribution < 1.29 is 28.7 Å². The molecule has 4 N–H and O–H groups in total. The molecule has 0 bridgehead atoms. The average Bonchev–Trinajstić information content (AvgIpc) is 4.06. The minimum absolute atomic E-state index is 0.162. The van der Waals surface area contributed by atoms with Gasteiger partial charge in [0.05, 0.1) is 38.4 Å². The molecule has 2 saturated heterocycles. The molecular weight excluding hydrogens is 932 g/mol. The molecule has 0 radical (unpaired) electrons. The number of hydrogen-bond donors (Lipinski definition) is 4. The van der Waals surface area contributed by atoms with Crippen molar-refractivity contribution in [3.8, 4) is 33.6 Å². The van der Waals surface area contributed by atoms with Crippen LogP contribution < -0.4 is 10.6 Å². The van der Waals surface area contributed by atoms with Crippen LogP contribution in [0, 0.1) is 11.8 Å². The van der Waals surface area contributed by atoms with Crippen LogP contribution in [0.25, 0.3) is 54.5 Å². The van der Waals surface area contributed by atoms with Gasteiger partial charge in [-0.2, -0.15) is 0 Å². The highest BCUT2D eigenvalue weighted by atomic mass is 79.9. The normalized spacial score (nSPS) is 19.4. The zero-order chi connectivity index (χ0) is 44.8. The molecule has 6 atom stereocenters. The van der Waals surface area contributed by atoms with Crippen molar-refractivity contribution in [1.29, 1.82) is 0 Å². The van der Waals surface area contributed by atoms with Crippen molar-refractivity contribution in [3.63, 3.8) is 0 Å². The molecule has 22 heteroatoms. The molecule has 326 valence electrons. The zero-order valence-corrected chi connectivity index (χ0v) is 37.9. The molecular formula is C40H46Br2N14O6. The minimum atomic E-state index is -0.867. The Bertz CT molecular complexity index is 2230. The molecule has 0 saturated carbocycles. The second-order valence-electron chi connectivity index (χ2n) is 15.6. The number of aromatic nitrogens is 4.